The van der Waals surface area contributed by atoms with E-state index in [0.29, 0.717) is 18.4 Å². The summed E-state index contributed by atoms with van der Waals surface area (Å²) in [4.78, 5) is 16.0. The molecule has 0 N–H and O–H groups in total. The number of nitrogens with zero attached hydrogens (tertiary/aromatic N) is 1. The maximum atomic E-state index is 11.0. The van der Waals surface area contributed by atoms with Crippen LogP contribution in [0, 0.1) is 11.8 Å². The first-order valence-corrected chi connectivity index (χ1v) is 9.93. The van der Waals surface area contributed by atoms with Crippen molar-refractivity contribution in [2.45, 2.75) is 83.8 Å². The molecule has 0 amide bonds. The highest BCUT2D eigenvalue weighted by Crippen LogP contribution is 2.42. The van der Waals surface area contributed by atoms with E-state index < -0.39 is 0 Å². The van der Waals surface area contributed by atoms with Crippen molar-refractivity contribution in [1.82, 2.24) is 0 Å². The van der Waals surface area contributed by atoms with Gasteiger partial charge in [0.15, 0.2) is 0 Å². The third kappa shape index (κ3) is 5.21. The summed E-state index contributed by atoms with van der Waals surface area (Å²) >= 11 is 1.79. The summed E-state index contributed by atoms with van der Waals surface area (Å²) in [5.74, 6) is 0.571. The molecule has 5 heteroatoms. The topological polar surface area (TPSA) is 47.9 Å². The lowest BCUT2D eigenvalue weighted by Crippen LogP contribution is -2.47. The maximum absolute atomic E-state index is 11.0. The predicted molar refractivity (Wildman–Crippen MR) is 95.8 cm³/mol. The first-order chi connectivity index (χ1) is 11.0. The Balaban J connectivity index is 1.82. The monoisotopic (exact) mass is 341 g/mol. The quantitative estimate of drug-likeness (QED) is 0.484. The molecule has 132 valence electrons. The van der Waals surface area contributed by atoms with Crippen molar-refractivity contribution in [2.24, 2.45) is 16.8 Å². The molecule has 0 aliphatic carbocycles. The van der Waals surface area contributed by atoms with Gasteiger partial charge in [-0.2, -0.15) is 0 Å². The van der Waals surface area contributed by atoms with Gasteiger partial charge in [0, 0.05) is 6.92 Å². The van der Waals surface area contributed by atoms with E-state index in [4.69, 9.17) is 14.5 Å². The number of ether oxygens (including phenoxy) is 2. The fraction of sp³-hybridized carbons (Fsp3) is 0.889. The molecule has 0 aromatic rings. The zero-order valence-electron chi connectivity index (χ0n) is 14.9. The molecule has 1 fully saturated rings. The third-order valence-electron chi connectivity index (χ3n) is 5.03. The minimum absolute atomic E-state index is 0.0123. The molecule has 0 radical (unpaired) electrons. The van der Waals surface area contributed by atoms with Crippen molar-refractivity contribution in [2.75, 3.05) is 6.61 Å². The fourth-order valence-corrected chi connectivity index (χ4v) is 4.63. The summed E-state index contributed by atoms with van der Waals surface area (Å²) in [6.45, 7) is 8.48. The lowest BCUT2D eigenvalue weighted by Gasteiger charge is -2.40. The van der Waals surface area contributed by atoms with Crippen LogP contribution in [-0.4, -0.2) is 35.2 Å². The van der Waals surface area contributed by atoms with Gasteiger partial charge < -0.3 is 9.47 Å². The van der Waals surface area contributed by atoms with Crippen molar-refractivity contribution < 1.29 is 14.3 Å². The van der Waals surface area contributed by atoms with E-state index in [9.17, 15) is 4.79 Å². The number of aliphatic imine (C=N–C) groups is 1. The van der Waals surface area contributed by atoms with Crippen LogP contribution < -0.4 is 0 Å². The number of hydrogen-bond acceptors (Lipinski definition) is 5. The molecule has 2 aliphatic heterocycles. The van der Waals surface area contributed by atoms with Gasteiger partial charge in [0.2, 0.25) is 0 Å². The van der Waals surface area contributed by atoms with Crippen LogP contribution in [0.15, 0.2) is 4.99 Å². The van der Waals surface area contributed by atoms with Gasteiger partial charge in [-0.15, -0.1) is 0 Å². The minimum atomic E-state index is -0.237. The molecule has 0 saturated carbocycles. The Hall–Kier alpha value is -0.550. The Morgan fingerprint density at radius 2 is 1.96 bits per heavy atom. The van der Waals surface area contributed by atoms with Crippen molar-refractivity contribution in [3.63, 3.8) is 0 Å². The van der Waals surface area contributed by atoms with Crippen LogP contribution in [0.4, 0.5) is 0 Å². The first kappa shape index (κ1) is 18.8. The average molecular weight is 342 g/mol. The van der Waals surface area contributed by atoms with E-state index in [2.05, 4.69) is 20.8 Å². The van der Waals surface area contributed by atoms with E-state index in [1.807, 2.05) is 0 Å². The second-order valence-corrected chi connectivity index (χ2v) is 8.03. The molecular weight excluding hydrogens is 310 g/mol. The molecule has 2 rings (SSSR count). The van der Waals surface area contributed by atoms with Crippen molar-refractivity contribution in [3.05, 3.63) is 0 Å². The molecule has 0 bridgehead atoms. The van der Waals surface area contributed by atoms with E-state index in [1.54, 1.807) is 11.8 Å². The highest BCUT2D eigenvalue weighted by molar-refractivity contribution is 8.14. The summed E-state index contributed by atoms with van der Waals surface area (Å²) in [7, 11) is 0. The number of unbranched alkanes of at least 4 members (excludes halogenated alkanes) is 4. The molecule has 1 saturated heterocycles. The van der Waals surface area contributed by atoms with Gasteiger partial charge >= 0.3 is 5.97 Å². The zero-order valence-corrected chi connectivity index (χ0v) is 15.7. The van der Waals surface area contributed by atoms with Crippen LogP contribution in [0.1, 0.15) is 66.2 Å². The lowest BCUT2D eigenvalue weighted by atomic mass is 9.83. The molecule has 2 heterocycles. The first-order valence-electron chi connectivity index (χ1n) is 9.05. The molecule has 0 aromatic carbocycles. The molecule has 0 aromatic heterocycles. The van der Waals surface area contributed by atoms with Crippen LogP contribution in [0.2, 0.25) is 0 Å². The van der Waals surface area contributed by atoms with Crippen molar-refractivity contribution >= 4 is 22.8 Å². The van der Waals surface area contributed by atoms with Crippen LogP contribution in [0.3, 0.4) is 0 Å². The third-order valence-corrected chi connectivity index (χ3v) is 6.24. The van der Waals surface area contributed by atoms with Crippen LogP contribution >= 0.6 is 11.8 Å². The second-order valence-electron chi connectivity index (χ2n) is 6.86. The Labute approximate surface area is 144 Å². The number of thioether (sulfide) groups is 1. The van der Waals surface area contributed by atoms with Crippen LogP contribution in [-0.2, 0) is 14.3 Å². The number of fused-ring (bicyclic) bond motifs is 1. The number of hydrogen-bond donors (Lipinski definition) is 0. The number of carbonyl (C=O) groups is 1. The van der Waals surface area contributed by atoms with Gasteiger partial charge in [-0.05, 0) is 24.7 Å². The number of rotatable bonds is 8. The van der Waals surface area contributed by atoms with E-state index in [-0.39, 0.29) is 23.6 Å². The van der Waals surface area contributed by atoms with Gasteiger partial charge in [-0.25, -0.2) is 0 Å². The fourth-order valence-electron chi connectivity index (χ4n) is 3.27. The highest BCUT2D eigenvalue weighted by atomic mass is 32.2. The molecule has 23 heavy (non-hydrogen) atoms. The standard InChI is InChI=1S/C18H31NO3S/c1-5-6-7-8-9-10-16-19-17-13(3)12(2)15(11-21-14(4)20)22-18(17)23-16/h12-13,15,17-18H,5-11H2,1-4H3/t12-,13-,15+,17+,18+/m0/s1. The van der Waals surface area contributed by atoms with Crippen molar-refractivity contribution in [3.8, 4) is 0 Å². The van der Waals surface area contributed by atoms with Crippen molar-refractivity contribution in [1.29, 1.82) is 0 Å². The summed E-state index contributed by atoms with van der Waals surface area (Å²) in [6.07, 6.45) is 7.54. The van der Waals surface area contributed by atoms with Crippen LogP contribution in [0.5, 0.6) is 0 Å². The molecule has 0 unspecified atom stereocenters. The number of carbonyl (C=O) groups excluding carboxylic acids is 1. The Morgan fingerprint density at radius 1 is 1.22 bits per heavy atom. The smallest absolute Gasteiger partial charge is 0.302 e. The van der Waals surface area contributed by atoms with Gasteiger partial charge in [0.1, 0.15) is 12.0 Å². The Bertz CT molecular complexity index is 426. The molecule has 0 spiro atoms. The minimum Gasteiger partial charge on any atom is -0.463 e. The van der Waals surface area contributed by atoms with E-state index >= 15 is 0 Å². The van der Waals surface area contributed by atoms with Gasteiger partial charge in [0.25, 0.3) is 0 Å². The largest absolute Gasteiger partial charge is 0.463 e. The van der Waals surface area contributed by atoms with Gasteiger partial charge in [-0.1, -0.05) is 58.2 Å². The average Bonchev–Trinajstić information content (AvgIpc) is 2.92. The molecule has 5 atom stereocenters. The normalized spacial score (nSPS) is 33.2. The maximum Gasteiger partial charge on any atom is 0.302 e. The summed E-state index contributed by atoms with van der Waals surface area (Å²) < 4.78 is 11.4. The number of esters is 1. The van der Waals surface area contributed by atoms with Crippen LogP contribution in [0.25, 0.3) is 0 Å². The Morgan fingerprint density at radius 3 is 2.65 bits per heavy atom. The van der Waals surface area contributed by atoms with Gasteiger partial charge in [-0.3, -0.25) is 9.79 Å². The Kier molecular flexibility index (Phi) is 7.41. The summed E-state index contributed by atoms with van der Waals surface area (Å²) in [5, 5.41) is 1.25. The zero-order chi connectivity index (χ0) is 16.8. The SMILES string of the molecule is CCCCCCCC1=N[C@@H]2[C@@H](C)[C@H](C)[C@@H](COC(C)=O)O[C@@H]2S1. The molecular formula is C18H31NO3S. The second kappa shape index (κ2) is 9.07. The summed E-state index contributed by atoms with van der Waals surface area (Å²) in [6, 6.07) is 0.259. The van der Waals surface area contributed by atoms with E-state index in [1.165, 1.54) is 44.1 Å². The lowest BCUT2D eigenvalue weighted by molar-refractivity contribution is -0.152. The molecule has 2 aliphatic rings. The highest BCUT2D eigenvalue weighted by Gasteiger charge is 2.45. The molecule has 4 nitrogen and oxygen atoms in total. The van der Waals surface area contributed by atoms with Gasteiger partial charge in [0.05, 0.1) is 17.2 Å². The van der Waals surface area contributed by atoms with E-state index in [0.717, 1.165) is 6.42 Å². The predicted octanol–water partition coefficient (Wildman–Crippen LogP) is 4.42. The summed E-state index contributed by atoms with van der Waals surface area (Å²) in [5.41, 5.74) is 0.104.